The molecule has 0 aromatic heterocycles. The number of benzene rings is 6. The Morgan fingerprint density at radius 1 is 0.559 bits per heavy atom. The Labute approximate surface area is 361 Å². The minimum atomic E-state index is -0.528. The predicted molar refractivity (Wildman–Crippen MR) is 252 cm³/mol. The van der Waals surface area contributed by atoms with Crippen LogP contribution in [0.15, 0.2) is 182 Å². The van der Waals surface area contributed by atoms with Crippen LogP contribution in [-0.2, 0) is 14.3 Å². The van der Waals surface area contributed by atoms with Gasteiger partial charge in [-0.2, -0.15) is 0 Å². The molecule has 1 N–H and O–H groups in total. The fourth-order valence-corrected chi connectivity index (χ4v) is 11.5. The predicted octanol–water partition coefficient (Wildman–Crippen LogP) is 11.0. The molecule has 0 aliphatic carbocycles. The Hall–Kier alpha value is -4.59. The molecule has 7 rings (SSSR count). The number of carbonyl (C=O) groups is 1. The van der Waals surface area contributed by atoms with Crippen molar-refractivity contribution in [2.75, 3.05) is 57.3 Å². The van der Waals surface area contributed by atoms with Crippen LogP contribution in [0.2, 0.25) is 0 Å². The lowest BCUT2D eigenvalue weighted by Crippen LogP contribution is -2.40. The molecule has 1 fully saturated rings. The van der Waals surface area contributed by atoms with Crippen LogP contribution in [-0.4, -0.2) is 73.0 Å². The summed E-state index contributed by atoms with van der Waals surface area (Å²) in [6.45, 7) is 9.28. The van der Waals surface area contributed by atoms with Gasteiger partial charge >= 0.3 is 0 Å². The smallest absolute Gasteiger partial charge is 0.230 e. The fraction of sp³-hybridized carbons (Fsp3) is 0.302. The summed E-state index contributed by atoms with van der Waals surface area (Å²) in [5, 5.41) is 3.35. The van der Waals surface area contributed by atoms with E-state index in [4.69, 9.17) is 0 Å². The first kappa shape index (κ1) is 42.5. The quantitative estimate of drug-likeness (QED) is 0.0777. The molecule has 6 aromatic carbocycles. The number of likely N-dealkylation sites (tertiary alicyclic amines) is 1. The number of carbonyl (C=O) groups excluding carboxylic acids is 1. The third-order valence-corrected chi connectivity index (χ3v) is 14.9. The molecule has 1 aliphatic rings. The number of rotatable bonds is 20. The lowest BCUT2D eigenvalue weighted by Gasteiger charge is -2.36. The lowest BCUT2D eigenvalue weighted by atomic mass is 9.84. The van der Waals surface area contributed by atoms with E-state index in [1.807, 2.05) is 11.8 Å². The maximum absolute atomic E-state index is 13.9. The van der Waals surface area contributed by atoms with Crippen LogP contribution < -0.4 is 5.32 Å². The molecule has 0 atom stereocenters. The molecule has 1 heterocycles. The average molecular weight is 818 g/mol. The zero-order chi connectivity index (χ0) is 40.6. The van der Waals surface area contributed by atoms with Crippen molar-refractivity contribution in [2.24, 2.45) is 5.92 Å². The summed E-state index contributed by atoms with van der Waals surface area (Å²) in [5.74, 6) is 2.18. The largest absolute Gasteiger partial charge is 0.354 e. The summed E-state index contributed by atoms with van der Waals surface area (Å²) in [6, 6.07) is 64.8. The van der Waals surface area contributed by atoms with Crippen LogP contribution in [0.25, 0.3) is 0 Å². The summed E-state index contributed by atoms with van der Waals surface area (Å²) in [7, 11) is 0. The first-order valence-electron chi connectivity index (χ1n) is 21.4. The van der Waals surface area contributed by atoms with Gasteiger partial charge in [0, 0.05) is 25.4 Å². The summed E-state index contributed by atoms with van der Waals surface area (Å²) >= 11 is 3.72. The van der Waals surface area contributed by atoms with Gasteiger partial charge in [0.2, 0.25) is 5.91 Å². The molecule has 0 bridgehead atoms. The molecule has 0 spiro atoms. The maximum Gasteiger partial charge on any atom is 0.230 e. The van der Waals surface area contributed by atoms with Crippen molar-refractivity contribution in [1.29, 1.82) is 0 Å². The first-order valence-corrected chi connectivity index (χ1v) is 23.4. The van der Waals surface area contributed by atoms with E-state index in [-0.39, 0.29) is 10.7 Å². The van der Waals surface area contributed by atoms with Gasteiger partial charge in [0.15, 0.2) is 0 Å². The van der Waals surface area contributed by atoms with Crippen LogP contribution in [0.4, 0.5) is 0 Å². The van der Waals surface area contributed by atoms with Crippen LogP contribution >= 0.6 is 23.5 Å². The van der Waals surface area contributed by atoms with Crippen LogP contribution in [0.5, 0.6) is 0 Å². The highest BCUT2D eigenvalue weighted by Crippen LogP contribution is 2.49. The molecule has 1 saturated heterocycles. The molecule has 59 heavy (non-hydrogen) atoms. The Bertz CT molecular complexity index is 1900. The summed E-state index contributed by atoms with van der Waals surface area (Å²) in [5.41, 5.74) is 7.36. The zero-order valence-corrected chi connectivity index (χ0v) is 36.1. The lowest BCUT2D eigenvalue weighted by molar-refractivity contribution is -0.118. The van der Waals surface area contributed by atoms with E-state index in [9.17, 15) is 4.79 Å². The average Bonchev–Trinajstić information content (AvgIpc) is 3.30. The molecule has 6 aromatic rings. The molecular formula is C53H59N3OS2. The molecule has 0 radical (unpaired) electrons. The van der Waals surface area contributed by atoms with Crippen molar-refractivity contribution in [3.05, 3.63) is 215 Å². The number of nitrogens with one attached hydrogen (secondary N) is 1. The van der Waals surface area contributed by atoms with Gasteiger partial charge in [0.1, 0.15) is 0 Å². The molecule has 1 amide bonds. The second-order valence-corrected chi connectivity index (χ2v) is 18.3. The molecule has 6 heteroatoms. The number of piperidine rings is 1. The van der Waals surface area contributed by atoms with Crippen LogP contribution in [0.3, 0.4) is 0 Å². The highest BCUT2D eigenvalue weighted by atomic mass is 32.2. The van der Waals surface area contributed by atoms with E-state index in [0.717, 1.165) is 44.3 Å². The molecule has 0 saturated carbocycles. The second kappa shape index (κ2) is 21.6. The minimum absolute atomic E-state index is 0.0650. The second-order valence-electron chi connectivity index (χ2n) is 15.8. The number of nitrogens with zero attached hydrogens (tertiary/aromatic N) is 2. The third kappa shape index (κ3) is 10.8. The maximum atomic E-state index is 13.9. The highest BCUT2D eigenvalue weighted by Gasteiger charge is 2.38. The van der Waals surface area contributed by atoms with E-state index in [2.05, 4.69) is 204 Å². The van der Waals surface area contributed by atoms with Gasteiger partial charge in [0.05, 0.1) is 15.2 Å². The molecule has 4 nitrogen and oxygen atoms in total. The molecule has 1 aliphatic heterocycles. The fourth-order valence-electron chi connectivity index (χ4n) is 8.58. The van der Waals surface area contributed by atoms with E-state index in [0.29, 0.717) is 12.3 Å². The van der Waals surface area contributed by atoms with E-state index < -0.39 is 4.75 Å². The van der Waals surface area contributed by atoms with Crippen LogP contribution in [0, 0.1) is 5.92 Å². The number of amides is 1. The number of hydrogen-bond donors (Lipinski definition) is 1. The van der Waals surface area contributed by atoms with Gasteiger partial charge in [-0.3, -0.25) is 4.79 Å². The topological polar surface area (TPSA) is 35.6 Å². The van der Waals surface area contributed by atoms with Crippen molar-refractivity contribution in [2.45, 2.75) is 35.7 Å². The van der Waals surface area contributed by atoms with Gasteiger partial charge in [-0.25, -0.2) is 0 Å². The SMILES string of the molecule is CC1CCN(CCCN(CCNC(=O)CSC(c2ccccc2)(c2ccccc2)c2ccccc2)CCSC(c2ccccc2)(c2ccccc2)c2ccccc2)CC1. The van der Waals surface area contributed by atoms with Gasteiger partial charge in [0.25, 0.3) is 0 Å². The van der Waals surface area contributed by atoms with Crippen molar-refractivity contribution < 1.29 is 4.79 Å². The molecule has 304 valence electrons. The zero-order valence-electron chi connectivity index (χ0n) is 34.5. The first-order chi connectivity index (χ1) is 29.1. The van der Waals surface area contributed by atoms with Crippen molar-refractivity contribution in [3.63, 3.8) is 0 Å². The summed E-state index contributed by atoms with van der Waals surface area (Å²) < 4.78 is -0.881. The van der Waals surface area contributed by atoms with Gasteiger partial charge in [-0.1, -0.05) is 189 Å². The Morgan fingerprint density at radius 3 is 1.32 bits per heavy atom. The number of hydrogen-bond acceptors (Lipinski definition) is 5. The standard InChI is InChI=1S/C53H59N3OS2/c1-44-33-38-55(39-34-44)36-20-37-56(41-42-58-52(45-21-8-2-9-22-45,46-23-10-3-11-24-46)47-25-12-4-13-26-47)40-35-54-51(57)43-59-53(48-27-14-5-15-28-48,49-29-16-6-17-30-49)50-31-18-7-19-32-50/h2-19,21-32,44H,20,33-43H2,1H3,(H,54,57). The van der Waals surface area contributed by atoms with Gasteiger partial charge in [-0.15, -0.1) is 23.5 Å². The van der Waals surface area contributed by atoms with Gasteiger partial charge in [-0.05, 0) is 84.7 Å². The van der Waals surface area contributed by atoms with Crippen molar-refractivity contribution >= 4 is 29.4 Å². The van der Waals surface area contributed by atoms with E-state index in [1.165, 1.54) is 59.3 Å². The third-order valence-electron chi connectivity index (χ3n) is 11.8. The van der Waals surface area contributed by atoms with Crippen molar-refractivity contribution in [1.82, 2.24) is 15.1 Å². The number of thioether (sulfide) groups is 2. The normalized spacial score (nSPS) is 14.0. The highest BCUT2D eigenvalue weighted by molar-refractivity contribution is 8.01. The van der Waals surface area contributed by atoms with E-state index >= 15 is 0 Å². The monoisotopic (exact) mass is 817 g/mol. The molecule has 0 unspecified atom stereocenters. The molecular weight excluding hydrogens is 759 g/mol. The Morgan fingerprint density at radius 2 is 0.932 bits per heavy atom. The van der Waals surface area contributed by atoms with E-state index in [1.54, 1.807) is 11.8 Å². The van der Waals surface area contributed by atoms with Crippen molar-refractivity contribution in [3.8, 4) is 0 Å². The minimum Gasteiger partial charge on any atom is -0.354 e. The summed E-state index contributed by atoms with van der Waals surface area (Å²) in [6.07, 6.45) is 3.72. The Balaban J connectivity index is 1.06. The van der Waals surface area contributed by atoms with Crippen LogP contribution in [0.1, 0.15) is 59.6 Å². The summed E-state index contributed by atoms with van der Waals surface area (Å²) in [4.78, 5) is 19.1. The Kier molecular flexibility index (Phi) is 15.6. The van der Waals surface area contributed by atoms with Gasteiger partial charge < -0.3 is 15.1 Å².